The fourth-order valence-electron chi connectivity index (χ4n) is 2.89. The molecule has 1 fully saturated rings. The lowest BCUT2D eigenvalue weighted by atomic mass is 10.00. The molecule has 0 N–H and O–H groups in total. The zero-order valence-electron chi connectivity index (χ0n) is 13.0. The van der Waals surface area contributed by atoms with Crippen molar-refractivity contribution in [2.45, 2.75) is 33.2 Å². The molecule has 2 rings (SSSR count). The van der Waals surface area contributed by atoms with Crippen LogP contribution in [0.1, 0.15) is 34.8 Å². The van der Waals surface area contributed by atoms with Gasteiger partial charge in [0, 0.05) is 19.2 Å². The summed E-state index contributed by atoms with van der Waals surface area (Å²) in [6, 6.07) is 5.95. The maximum absolute atomic E-state index is 12.6. The minimum Gasteiger partial charge on any atom is -0.384 e. The van der Waals surface area contributed by atoms with E-state index >= 15 is 0 Å². The van der Waals surface area contributed by atoms with E-state index in [1.165, 1.54) is 11.1 Å². The molecule has 0 saturated carbocycles. The van der Waals surface area contributed by atoms with Crippen molar-refractivity contribution in [1.82, 2.24) is 4.90 Å². The third kappa shape index (κ3) is 3.28. The molecule has 1 aromatic carbocycles. The van der Waals surface area contributed by atoms with Gasteiger partial charge < -0.3 is 4.74 Å². The average molecular weight is 275 g/mol. The van der Waals surface area contributed by atoms with Gasteiger partial charge in [-0.25, -0.2) is 0 Å². The lowest BCUT2D eigenvalue weighted by Crippen LogP contribution is -2.37. The zero-order valence-corrected chi connectivity index (χ0v) is 13.0. The van der Waals surface area contributed by atoms with Crippen molar-refractivity contribution in [3.05, 3.63) is 34.9 Å². The highest BCUT2D eigenvalue weighted by molar-refractivity contribution is 6.00. The van der Waals surface area contributed by atoms with Crippen LogP contribution in [0.25, 0.3) is 0 Å². The summed E-state index contributed by atoms with van der Waals surface area (Å²) in [7, 11) is 1.74. The molecule has 3 heteroatoms. The number of hydrogen-bond acceptors (Lipinski definition) is 3. The lowest BCUT2D eigenvalue weighted by molar-refractivity contribution is 0.0852. The number of carbonyl (C=O) groups is 1. The Morgan fingerprint density at radius 1 is 1.40 bits per heavy atom. The Bertz CT molecular complexity index is 484. The van der Waals surface area contributed by atoms with E-state index in [1.54, 1.807) is 7.11 Å². The summed E-state index contributed by atoms with van der Waals surface area (Å²) >= 11 is 0. The summed E-state index contributed by atoms with van der Waals surface area (Å²) in [5.41, 5.74) is 3.24. The van der Waals surface area contributed by atoms with Crippen molar-refractivity contribution in [1.29, 1.82) is 0 Å². The molecule has 20 heavy (non-hydrogen) atoms. The number of ketones is 1. The van der Waals surface area contributed by atoms with E-state index in [9.17, 15) is 4.79 Å². The summed E-state index contributed by atoms with van der Waals surface area (Å²) < 4.78 is 5.22. The first-order valence-corrected chi connectivity index (χ1v) is 7.37. The quantitative estimate of drug-likeness (QED) is 0.774. The Morgan fingerprint density at radius 2 is 2.15 bits per heavy atom. The van der Waals surface area contributed by atoms with Gasteiger partial charge in [-0.3, -0.25) is 9.69 Å². The number of aryl methyl sites for hydroxylation is 2. The van der Waals surface area contributed by atoms with Gasteiger partial charge in [-0.15, -0.1) is 0 Å². The van der Waals surface area contributed by atoms with Crippen molar-refractivity contribution in [2.75, 3.05) is 26.8 Å². The second-order valence-electron chi connectivity index (χ2n) is 5.94. The van der Waals surface area contributed by atoms with Crippen LogP contribution in [0.2, 0.25) is 0 Å². The van der Waals surface area contributed by atoms with Gasteiger partial charge in [0.25, 0.3) is 0 Å². The molecule has 0 radical (unpaired) electrons. The predicted molar refractivity (Wildman–Crippen MR) is 81.3 cm³/mol. The number of hydrogen-bond donors (Lipinski definition) is 0. The maximum Gasteiger partial charge on any atom is 0.179 e. The lowest BCUT2D eigenvalue weighted by Gasteiger charge is -2.23. The molecule has 0 bridgehead atoms. The van der Waals surface area contributed by atoms with Gasteiger partial charge in [-0.2, -0.15) is 0 Å². The van der Waals surface area contributed by atoms with Crippen molar-refractivity contribution < 1.29 is 9.53 Å². The molecule has 1 saturated heterocycles. The number of Topliss-reactive ketones (excluding diaryl/α,β-unsaturated/α-hetero) is 1. The molecule has 0 aromatic heterocycles. The molecule has 3 nitrogen and oxygen atoms in total. The van der Waals surface area contributed by atoms with E-state index in [1.807, 2.05) is 25.1 Å². The second-order valence-corrected chi connectivity index (χ2v) is 5.94. The number of benzene rings is 1. The molecule has 2 atom stereocenters. The third-order valence-corrected chi connectivity index (χ3v) is 4.44. The second kappa shape index (κ2) is 6.51. The summed E-state index contributed by atoms with van der Waals surface area (Å²) in [6.07, 6.45) is 1.12. The molecule has 1 aliphatic rings. The highest BCUT2D eigenvalue weighted by Gasteiger charge is 2.29. The van der Waals surface area contributed by atoms with Crippen LogP contribution in [0.5, 0.6) is 0 Å². The fourth-order valence-corrected chi connectivity index (χ4v) is 2.89. The summed E-state index contributed by atoms with van der Waals surface area (Å²) in [5, 5.41) is 0. The van der Waals surface area contributed by atoms with E-state index in [2.05, 4.69) is 18.7 Å². The Hall–Kier alpha value is -1.19. The molecule has 0 spiro atoms. The van der Waals surface area contributed by atoms with Gasteiger partial charge in [-0.1, -0.05) is 12.1 Å². The highest BCUT2D eigenvalue weighted by atomic mass is 16.5. The van der Waals surface area contributed by atoms with Crippen molar-refractivity contribution in [3.63, 3.8) is 0 Å². The van der Waals surface area contributed by atoms with E-state index in [-0.39, 0.29) is 11.8 Å². The van der Waals surface area contributed by atoms with Crippen LogP contribution in [0.3, 0.4) is 0 Å². The standard InChI is InChI=1S/C17H25NO2/c1-12-5-6-16(9-13(12)2)17(19)14(3)18-8-7-15(10-18)11-20-4/h5-6,9,14-15H,7-8,10-11H2,1-4H3. The molecule has 0 aliphatic carbocycles. The largest absolute Gasteiger partial charge is 0.384 e. The maximum atomic E-state index is 12.6. The topological polar surface area (TPSA) is 29.5 Å². The SMILES string of the molecule is COCC1CCN(C(C)C(=O)c2ccc(C)c(C)c2)C1. The summed E-state index contributed by atoms with van der Waals surface area (Å²) in [4.78, 5) is 14.9. The molecule has 110 valence electrons. The molecule has 1 aromatic rings. The first-order chi connectivity index (χ1) is 9.52. The van der Waals surface area contributed by atoms with Crippen LogP contribution >= 0.6 is 0 Å². The van der Waals surface area contributed by atoms with Gasteiger partial charge in [-0.05, 0) is 56.8 Å². The van der Waals surface area contributed by atoms with E-state index in [0.29, 0.717) is 5.92 Å². The third-order valence-electron chi connectivity index (χ3n) is 4.44. The predicted octanol–water partition coefficient (Wildman–Crippen LogP) is 2.84. The van der Waals surface area contributed by atoms with E-state index in [4.69, 9.17) is 4.74 Å². The van der Waals surface area contributed by atoms with Gasteiger partial charge in [0.15, 0.2) is 5.78 Å². The van der Waals surface area contributed by atoms with Crippen LogP contribution in [-0.2, 0) is 4.74 Å². The first-order valence-electron chi connectivity index (χ1n) is 7.37. The smallest absolute Gasteiger partial charge is 0.179 e. The van der Waals surface area contributed by atoms with Gasteiger partial charge in [0.2, 0.25) is 0 Å². The fraction of sp³-hybridized carbons (Fsp3) is 0.588. The molecule has 1 heterocycles. The van der Waals surface area contributed by atoms with Crippen molar-refractivity contribution in [3.8, 4) is 0 Å². The first kappa shape index (κ1) is 15.2. The Kier molecular flexibility index (Phi) is 4.95. The monoisotopic (exact) mass is 275 g/mol. The number of methoxy groups -OCH3 is 1. The Labute approximate surface area is 121 Å². The number of carbonyl (C=O) groups excluding carboxylic acids is 1. The number of likely N-dealkylation sites (tertiary alicyclic amines) is 1. The molecule has 1 aliphatic heterocycles. The van der Waals surface area contributed by atoms with E-state index in [0.717, 1.165) is 31.7 Å². The van der Waals surface area contributed by atoms with Gasteiger partial charge >= 0.3 is 0 Å². The van der Waals surface area contributed by atoms with Crippen LogP contribution in [0, 0.1) is 19.8 Å². The van der Waals surface area contributed by atoms with E-state index < -0.39 is 0 Å². The van der Waals surface area contributed by atoms with Crippen LogP contribution in [0.15, 0.2) is 18.2 Å². The molecular weight excluding hydrogens is 250 g/mol. The summed E-state index contributed by atoms with van der Waals surface area (Å²) in [6.45, 7) is 8.90. The van der Waals surface area contributed by atoms with Gasteiger partial charge in [0.05, 0.1) is 12.6 Å². The molecular formula is C17H25NO2. The minimum absolute atomic E-state index is 0.0426. The highest BCUT2D eigenvalue weighted by Crippen LogP contribution is 2.21. The Balaban J connectivity index is 2.03. The minimum atomic E-state index is -0.0426. The summed E-state index contributed by atoms with van der Waals surface area (Å²) in [5.74, 6) is 0.793. The molecule has 2 unspecified atom stereocenters. The average Bonchev–Trinajstić information content (AvgIpc) is 2.89. The zero-order chi connectivity index (χ0) is 14.7. The number of rotatable bonds is 5. The van der Waals surface area contributed by atoms with Crippen LogP contribution in [-0.4, -0.2) is 43.5 Å². The van der Waals surface area contributed by atoms with Crippen LogP contribution in [0.4, 0.5) is 0 Å². The van der Waals surface area contributed by atoms with Crippen LogP contribution < -0.4 is 0 Å². The molecule has 0 amide bonds. The number of ether oxygens (including phenoxy) is 1. The Morgan fingerprint density at radius 3 is 2.80 bits per heavy atom. The van der Waals surface area contributed by atoms with Crippen molar-refractivity contribution >= 4 is 5.78 Å². The number of nitrogens with zero attached hydrogens (tertiary/aromatic N) is 1. The van der Waals surface area contributed by atoms with Gasteiger partial charge in [0.1, 0.15) is 0 Å². The normalized spacial score (nSPS) is 21.1. The van der Waals surface area contributed by atoms with Crippen molar-refractivity contribution in [2.24, 2.45) is 5.92 Å².